The molecule has 5 nitrogen and oxygen atoms in total. The zero-order valence-corrected chi connectivity index (χ0v) is 12.8. The first-order valence-electron chi connectivity index (χ1n) is 7.39. The van der Waals surface area contributed by atoms with Gasteiger partial charge < -0.3 is 4.42 Å². The van der Waals surface area contributed by atoms with Crippen LogP contribution in [0.3, 0.4) is 0 Å². The molecule has 0 unspecified atom stereocenters. The van der Waals surface area contributed by atoms with Crippen molar-refractivity contribution in [3.05, 3.63) is 95.9 Å². The smallest absolute Gasteiger partial charge is 0.271 e. The van der Waals surface area contributed by atoms with Gasteiger partial charge in [-0.2, -0.15) is 5.10 Å². The number of hydrazone groups is 1. The number of nitrogens with one attached hydrogen (secondary N) is 1. The molecule has 3 rings (SSSR count). The van der Waals surface area contributed by atoms with Crippen molar-refractivity contribution >= 4 is 18.0 Å². The van der Waals surface area contributed by atoms with Gasteiger partial charge in [0.1, 0.15) is 5.76 Å². The van der Waals surface area contributed by atoms with Crippen LogP contribution < -0.4 is 5.43 Å². The molecule has 0 aliphatic carbocycles. The number of hydrogen-bond acceptors (Lipinski definition) is 3. The van der Waals surface area contributed by atoms with E-state index < -0.39 is 0 Å². The summed E-state index contributed by atoms with van der Waals surface area (Å²) in [6, 6.07) is 21.9. The van der Waals surface area contributed by atoms with Gasteiger partial charge in [-0.25, -0.2) is 10.4 Å². The maximum absolute atomic E-state index is 12.1. The third-order valence-corrected chi connectivity index (χ3v) is 3.19. The predicted molar refractivity (Wildman–Crippen MR) is 93.2 cm³/mol. The second-order valence-electron chi connectivity index (χ2n) is 4.88. The minimum Gasteiger partial charge on any atom is -0.463 e. The molecule has 5 heteroatoms. The first-order valence-corrected chi connectivity index (χ1v) is 7.39. The van der Waals surface area contributed by atoms with Crippen molar-refractivity contribution in [3.8, 4) is 0 Å². The second-order valence-corrected chi connectivity index (χ2v) is 4.88. The fourth-order valence-corrected chi connectivity index (χ4v) is 2.00. The Morgan fingerprint density at radius 2 is 1.54 bits per heavy atom. The molecule has 1 aromatic heterocycles. The molecule has 1 N–H and O–H groups in total. The highest BCUT2D eigenvalue weighted by molar-refractivity contribution is 6.05. The van der Waals surface area contributed by atoms with Gasteiger partial charge in [-0.1, -0.05) is 48.5 Å². The van der Waals surface area contributed by atoms with Gasteiger partial charge in [-0.05, 0) is 24.3 Å². The minimum absolute atomic E-state index is 0.294. The Kier molecular flexibility index (Phi) is 4.94. The van der Waals surface area contributed by atoms with E-state index in [2.05, 4.69) is 15.5 Å². The van der Waals surface area contributed by atoms with Crippen LogP contribution >= 0.6 is 0 Å². The number of amides is 1. The number of carbonyl (C=O) groups is 1. The third kappa shape index (κ3) is 4.04. The maximum Gasteiger partial charge on any atom is 0.271 e. The third-order valence-electron chi connectivity index (χ3n) is 3.19. The number of furan rings is 1. The summed E-state index contributed by atoms with van der Waals surface area (Å²) in [6.45, 7) is 0. The van der Waals surface area contributed by atoms with Crippen molar-refractivity contribution in [1.29, 1.82) is 0 Å². The molecule has 0 radical (unpaired) electrons. The lowest BCUT2D eigenvalue weighted by Crippen LogP contribution is -2.19. The average Bonchev–Trinajstić information content (AvgIpc) is 3.16. The molecule has 0 saturated heterocycles. The molecule has 1 heterocycles. The van der Waals surface area contributed by atoms with Gasteiger partial charge in [-0.15, -0.1) is 0 Å². The van der Waals surface area contributed by atoms with Crippen LogP contribution in [0.15, 0.2) is 93.6 Å². The average molecular weight is 317 g/mol. The van der Waals surface area contributed by atoms with E-state index in [0.717, 1.165) is 5.56 Å². The summed E-state index contributed by atoms with van der Waals surface area (Å²) >= 11 is 0. The van der Waals surface area contributed by atoms with Gasteiger partial charge in [0.15, 0.2) is 5.84 Å². The zero-order valence-electron chi connectivity index (χ0n) is 12.8. The van der Waals surface area contributed by atoms with Crippen LogP contribution in [-0.4, -0.2) is 18.0 Å². The lowest BCUT2D eigenvalue weighted by atomic mass is 10.2. The summed E-state index contributed by atoms with van der Waals surface area (Å²) in [4.78, 5) is 16.4. The number of hydrogen-bond donors (Lipinski definition) is 1. The van der Waals surface area contributed by atoms with Crippen LogP contribution in [-0.2, 0) is 0 Å². The Morgan fingerprint density at radius 3 is 2.17 bits per heavy atom. The molecule has 0 spiro atoms. The first-order chi connectivity index (χ1) is 11.8. The standard InChI is InChI=1S/C19H15N3O2/c23-19(16-10-5-2-6-11-16)22-21-18(15-8-3-1-4-9-15)20-14-17-12-7-13-24-17/h1-14H,(H,22,23)/b20-14?,21-18+. The van der Waals surface area contributed by atoms with E-state index in [-0.39, 0.29) is 5.91 Å². The summed E-state index contributed by atoms with van der Waals surface area (Å²) < 4.78 is 5.22. The highest BCUT2D eigenvalue weighted by atomic mass is 16.3. The van der Waals surface area contributed by atoms with E-state index in [4.69, 9.17) is 4.42 Å². The van der Waals surface area contributed by atoms with Crippen LogP contribution in [0.1, 0.15) is 21.7 Å². The molecule has 0 bridgehead atoms. The van der Waals surface area contributed by atoms with Gasteiger partial charge in [0.2, 0.25) is 0 Å². The Balaban J connectivity index is 1.83. The van der Waals surface area contributed by atoms with Gasteiger partial charge in [-0.3, -0.25) is 4.79 Å². The molecular weight excluding hydrogens is 302 g/mol. The van der Waals surface area contributed by atoms with Gasteiger partial charge in [0.25, 0.3) is 5.91 Å². The van der Waals surface area contributed by atoms with Crippen LogP contribution in [0, 0.1) is 0 Å². The minimum atomic E-state index is -0.294. The SMILES string of the molecule is O=C(N/N=C(/N=Cc1ccco1)c1ccccc1)c1ccccc1. The van der Waals surface area contributed by atoms with Gasteiger partial charge in [0, 0.05) is 11.1 Å². The Labute approximate surface area is 139 Å². The van der Waals surface area contributed by atoms with Gasteiger partial charge in [0.05, 0.1) is 12.5 Å². The van der Waals surface area contributed by atoms with E-state index >= 15 is 0 Å². The molecule has 0 aliphatic heterocycles. The first kappa shape index (κ1) is 15.4. The van der Waals surface area contributed by atoms with Crippen LogP contribution in [0.4, 0.5) is 0 Å². The van der Waals surface area contributed by atoms with E-state index in [1.54, 1.807) is 48.9 Å². The molecule has 24 heavy (non-hydrogen) atoms. The van der Waals surface area contributed by atoms with Crippen LogP contribution in [0.2, 0.25) is 0 Å². The van der Waals surface area contributed by atoms with E-state index in [9.17, 15) is 4.79 Å². The second kappa shape index (κ2) is 7.69. The Hall–Kier alpha value is -3.47. The molecule has 1 amide bonds. The molecule has 0 saturated carbocycles. The van der Waals surface area contributed by atoms with Crippen molar-refractivity contribution < 1.29 is 9.21 Å². The Bertz CT molecular complexity index is 839. The molecular formula is C19H15N3O2. The molecule has 0 fully saturated rings. The van der Waals surface area contributed by atoms with Gasteiger partial charge >= 0.3 is 0 Å². The van der Waals surface area contributed by atoms with E-state index in [1.165, 1.54) is 0 Å². The topological polar surface area (TPSA) is 67.0 Å². The molecule has 0 aliphatic rings. The molecule has 3 aromatic rings. The maximum atomic E-state index is 12.1. The van der Waals surface area contributed by atoms with Crippen molar-refractivity contribution in [1.82, 2.24) is 5.43 Å². The largest absolute Gasteiger partial charge is 0.463 e. The van der Waals surface area contributed by atoms with E-state index in [1.807, 2.05) is 36.4 Å². The Morgan fingerprint density at radius 1 is 0.875 bits per heavy atom. The monoisotopic (exact) mass is 317 g/mol. The lowest BCUT2D eigenvalue weighted by molar-refractivity contribution is 0.0955. The van der Waals surface area contributed by atoms with Crippen molar-refractivity contribution in [2.24, 2.45) is 10.1 Å². The van der Waals surface area contributed by atoms with Crippen molar-refractivity contribution in [2.45, 2.75) is 0 Å². The zero-order chi connectivity index (χ0) is 16.6. The van der Waals surface area contributed by atoms with Crippen molar-refractivity contribution in [3.63, 3.8) is 0 Å². The fraction of sp³-hybridized carbons (Fsp3) is 0. The number of rotatable bonds is 4. The highest BCUT2D eigenvalue weighted by Crippen LogP contribution is 2.04. The molecule has 118 valence electrons. The molecule has 2 aromatic carbocycles. The number of aliphatic imine (C=N–C) groups is 1. The number of carbonyl (C=O) groups excluding carboxylic acids is 1. The highest BCUT2D eigenvalue weighted by Gasteiger charge is 2.05. The lowest BCUT2D eigenvalue weighted by Gasteiger charge is -2.03. The summed E-state index contributed by atoms with van der Waals surface area (Å²) in [5, 5.41) is 4.15. The number of benzene rings is 2. The molecule has 0 atom stereocenters. The van der Waals surface area contributed by atoms with Crippen LogP contribution in [0.25, 0.3) is 0 Å². The summed E-state index contributed by atoms with van der Waals surface area (Å²) in [6.07, 6.45) is 3.12. The predicted octanol–water partition coefficient (Wildman–Crippen LogP) is 3.49. The summed E-state index contributed by atoms with van der Waals surface area (Å²) in [5.41, 5.74) is 3.85. The fourth-order valence-electron chi connectivity index (χ4n) is 2.00. The van der Waals surface area contributed by atoms with E-state index in [0.29, 0.717) is 17.2 Å². The normalized spacial score (nSPS) is 11.6. The number of amidine groups is 1. The quantitative estimate of drug-likeness (QED) is 0.455. The number of nitrogens with zero attached hydrogens (tertiary/aromatic N) is 2. The summed E-state index contributed by atoms with van der Waals surface area (Å²) in [7, 11) is 0. The summed E-state index contributed by atoms with van der Waals surface area (Å²) in [5.74, 6) is 0.696. The van der Waals surface area contributed by atoms with Crippen molar-refractivity contribution in [2.75, 3.05) is 0 Å². The van der Waals surface area contributed by atoms with Crippen LogP contribution in [0.5, 0.6) is 0 Å².